The van der Waals surface area contributed by atoms with Gasteiger partial charge in [-0.1, -0.05) is 55.7 Å². The number of anilines is 1. The Bertz CT molecular complexity index is 3270. The normalized spacial score (nSPS) is 16.4. The van der Waals surface area contributed by atoms with Crippen LogP contribution in [-0.4, -0.2) is 150 Å². The fourth-order valence-electron chi connectivity index (χ4n) is 12.2. The summed E-state index contributed by atoms with van der Waals surface area (Å²) in [6, 6.07) is 25.4. The van der Waals surface area contributed by atoms with E-state index in [1.165, 1.54) is 6.42 Å². The number of nitrogens with one attached hydrogen (secondary N) is 4. The van der Waals surface area contributed by atoms with E-state index in [1.807, 2.05) is 87.2 Å². The lowest BCUT2D eigenvalue weighted by Gasteiger charge is -2.37. The maximum atomic E-state index is 14.4. The molecule has 19 heteroatoms. The summed E-state index contributed by atoms with van der Waals surface area (Å²) in [4.78, 5) is 66.6. The van der Waals surface area contributed by atoms with Crippen molar-refractivity contribution in [1.82, 2.24) is 30.8 Å². The minimum Gasteiger partial charge on any atom is -0.491 e. The summed E-state index contributed by atoms with van der Waals surface area (Å²) in [5.41, 5.74) is 8.18. The van der Waals surface area contributed by atoms with Crippen molar-refractivity contribution in [2.24, 2.45) is 5.92 Å². The fourth-order valence-corrected chi connectivity index (χ4v) is 13.2. The number of hydrogen-bond donors (Lipinski definition) is 4. The predicted octanol–water partition coefficient (Wildman–Crippen LogP) is 10.0. The van der Waals surface area contributed by atoms with Gasteiger partial charge in [0.1, 0.15) is 35.8 Å². The Labute approximate surface area is 516 Å². The highest BCUT2D eigenvalue weighted by Crippen LogP contribution is 2.41. The van der Waals surface area contributed by atoms with Crippen LogP contribution >= 0.6 is 11.3 Å². The molecule has 2 unspecified atom stereocenters. The number of rotatable bonds is 31. The number of carbonyl (C=O) groups excluding carboxylic acids is 3. The van der Waals surface area contributed by atoms with E-state index in [0.29, 0.717) is 109 Å². The van der Waals surface area contributed by atoms with Crippen LogP contribution in [0.3, 0.4) is 0 Å². The molecule has 0 spiro atoms. The van der Waals surface area contributed by atoms with Crippen molar-refractivity contribution in [2.45, 2.75) is 123 Å². The lowest BCUT2D eigenvalue weighted by atomic mass is 9.83. The molecule has 4 N–H and O–H groups in total. The molecule has 3 amide bonds. The molecule has 18 nitrogen and oxygen atoms in total. The van der Waals surface area contributed by atoms with Gasteiger partial charge in [0.15, 0.2) is 0 Å². The zero-order chi connectivity index (χ0) is 61.1. The van der Waals surface area contributed by atoms with Gasteiger partial charge in [0, 0.05) is 77.7 Å². The van der Waals surface area contributed by atoms with E-state index in [4.69, 9.17) is 38.1 Å². The number of carbonyl (C=O) groups is 3. The second-order valence-corrected chi connectivity index (χ2v) is 23.8. The molecule has 87 heavy (non-hydrogen) atoms. The number of likely N-dealkylation sites (N-methyl/N-ethyl adjacent to an activating group) is 1. The molecular formula is C68H89N7O11S. The van der Waals surface area contributed by atoms with Crippen molar-refractivity contribution >= 4 is 45.5 Å². The first-order valence-electron chi connectivity index (χ1n) is 31.3. The van der Waals surface area contributed by atoms with E-state index >= 15 is 0 Å². The summed E-state index contributed by atoms with van der Waals surface area (Å²) < 4.78 is 41.0. The Morgan fingerprint density at radius 2 is 1.44 bits per heavy atom. The minimum absolute atomic E-state index is 0.0127. The van der Waals surface area contributed by atoms with Crippen LogP contribution in [0.2, 0.25) is 0 Å². The smallest absolute Gasteiger partial charge is 0.253 e. The van der Waals surface area contributed by atoms with E-state index in [2.05, 4.69) is 62.4 Å². The third kappa shape index (κ3) is 17.1. The van der Waals surface area contributed by atoms with E-state index in [1.54, 1.807) is 18.4 Å². The second-order valence-electron chi connectivity index (χ2n) is 22.9. The van der Waals surface area contributed by atoms with Crippen molar-refractivity contribution in [3.63, 3.8) is 0 Å². The quantitative estimate of drug-likeness (QED) is 0.0299. The monoisotopic (exact) mass is 1210 g/mol. The molecule has 1 saturated carbocycles. The minimum atomic E-state index is -0.533. The van der Waals surface area contributed by atoms with Crippen LogP contribution < -0.4 is 35.9 Å². The van der Waals surface area contributed by atoms with E-state index in [-0.39, 0.29) is 47.8 Å². The summed E-state index contributed by atoms with van der Waals surface area (Å²) in [6.07, 6.45) is 8.79. The van der Waals surface area contributed by atoms with Gasteiger partial charge >= 0.3 is 0 Å². The summed E-state index contributed by atoms with van der Waals surface area (Å²) in [5, 5.41) is 14.2. The number of aromatic amines is 1. The number of H-pyrrole nitrogens is 1. The van der Waals surface area contributed by atoms with Crippen molar-refractivity contribution in [3.05, 3.63) is 128 Å². The number of benzene rings is 4. The van der Waals surface area contributed by atoms with Crippen LogP contribution in [0.25, 0.3) is 33.2 Å². The number of aryl methyl sites for hydroxylation is 2. The fraction of sp³-hybridized carbons (Fsp3) is 0.515. The lowest BCUT2D eigenvalue weighted by Crippen LogP contribution is -2.55. The molecule has 6 aromatic rings. The molecule has 4 heterocycles. The maximum absolute atomic E-state index is 14.4. The van der Waals surface area contributed by atoms with Crippen LogP contribution in [0.15, 0.2) is 89.0 Å². The van der Waals surface area contributed by atoms with Crippen molar-refractivity contribution in [3.8, 4) is 33.9 Å². The van der Waals surface area contributed by atoms with E-state index in [9.17, 15) is 19.2 Å². The summed E-state index contributed by atoms with van der Waals surface area (Å²) in [6.45, 7) is 16.8. The van der Waals surface area contributed by atoms with Gasteiger partial charge in [-0.05, 0) is 156 Å². The number of amides is 3. The molecule has 468 valence electrons. The highest BCUT2D eigenvalue weighted by atomic mass is 32.1. The molecule has 2 aliphatic heterocycles. The average Bonchev–Trinajstić information content (AvgIpc) is 2.94. The molecular weight excluding hydrogens is 1120 g/mol. The molecule has 2 saturated heterocycles. The molecule has 0 radical (unpaired) electrons. The average molecular weight is 1210 g/mol. The number of nitrogens with zero attached hydrogens (tertiary/aromatic N) is 3. The first-order chi connectivity index (χ1) is 42.4. The molecule has 2 aromatic heterocycles. The third-order valence-electron chi connectivity index (χ3n) is 17.1. The summed E-state index contributed by atoms with van der Waals surface area (Å²) in [5.74, 6) is 1.25. The number of pyridine rings is 1. The Kier molecular flexibility index (Phi) is 24.2. The van der Waals surface area contributed by atoms with Crippen LogP contribution in [0.4, 0.5) is 5.69 Å². The van der Waals surface area contributed by atoms with Gasteiger partial charge in [-0.3, -0.25) is 19.2 Å². The third-order valence-corrected chi connectivity index (χ3v) is 18.1. The maximum Gasteiger partial charge on any atom is 0.253 e. The van der Waals surface area contributed by atoms with Crippen molar-refractivity contribution < 1.29 is 47.5 Å². The van der Waals surface area contributed by atoms with Crippen LogP contribution in [0, 0.1) is 26.7 Å². The van der Waals surface area contributed by atoms with Crippen LogP contribution in [0.5, 0.6) is 11.5 Å². The topological polar surface area (TPSA) is 204 Å². The van der Waals surface area contributed by atoms with Gasteiger partial charge in [-0.25, -0.2) is 4.98 Å². The molecule has 0 bridgehead atoms. The SMILES string of the molecule is CCN(c1cc(-c2ccc(OCCOCCOCCOCCOCCOc3ccc(-c4csc([C@@H]5CCCN5C(=O)C(NC(=O)C(C)NC)C5CCCCC5)n4)c4ccccc34)cc2)cc(C(=O)NCc2c(C)cc(C)[nH]c2=O)c1C)C1CCOCC1. The van der Waals surface area contributed by atoms with Gasteiger partial charge in [-0.15, -0.1) is 11.3 Å². The van der Waals surface area contributed by atoms with Gasteiger partial charge in [-0.2, -0.15) is 0 Å². The van der Waals surface area contributed by atoms with Gasteiger partial charge in [0.2, 0.25) is 11.8 Å². The number of aromatic nitrogens is 2. The van der Waals surface area contributed by atoms with Crippen LogP contribution in [-0.2, 0) is 39.8 Å². The van der Waals surface area contributed by atoms with Gasteiger partial charge in [0.05, 0.1) is 70.6 Å². The van der Waals surface area contributed by atoms with Gasteiger partial charge in [0.25, 0.3) is 11.5 Å². The van der Waals surface area contributed by atoms with Crippen LogP contribution in [0.1, 0.15) is 115 Å². The highest BCUT2D eigenvalue weighted by molar-refractivity contribution is 7.10. The number of hydrogen-bond acceptors (Lipinski definition) is 15. The van der Waals surface area contributed by atoms with Crippen molar-refractivity contribution in [2.75, 3.05) is 104 Å². The second kappa shape index (κ2) is 32.5. The number of fused-ring (bicyclic) bond motifs is 1. The Hall–Kier alpha value is -6.71. The summed E-state index contributed by atoms with van der Waals surface area (Å²) >= 11 is 1.59. The van der Waals surface area contributed by atoms with E-state index < -0.39 is 6.04 Å². The zero-order valence-corrected chi connectivity index (χ0v) is 52.5. The first kappa shape index (κ1) is 64.8. The summed E-state index contributed by atoms with van der Waals surface area (Å²) in [7, 11) is 1.76. The molecule has 4 aromatic carbocycles. The molecule has 3 aliphatic rings. The largest absolute Gasteiger partial charge is 0.491 e. The number of likely N-dealkylation sites (tertiary alicyclic amines) is 1. The highest BCUT2D eigenvalue weighted by Gasteiger charge is 2.40. The molecule has 1 aliphatic carbocycles. The first-order valence-corrected chi connectivity index (χ1v) is 32.2. The standard InChI is InChI=1S/C68H89N7O11S/c1-7-74(52-25-28-80-29-26-52)61-42-51(41-57(47(61)4)65(77)70-43-58-45(2)40-46(3)71-66(58)78)49-19-21-53(22-20-49)85-38-36-83-34-32-81-30-31-82-33-35-84-37-39-86-62-24-23-55(54-16-11-12-17-56(54)62)59-44-87-67(72-59)60-18-13-27-75(60)68(79)63(50-14-9-8-10-15-50)73-64(76)48(5)69-6/h11-12,16-17,19-24,40-42,44,48,50,52,60,63,69H,7-10,13-15,18,25-39,43H2,1-6H3,(H,70,77)(H,71,78)(H,73,76)/t48?,60-,63?/m0/s1. The number of thiazole rings is 1. The Balaban J connectivity index is 0.658. The Morgan fingerprint density at radius 3 is 2.10 bits per heavy atom. The van der Waals surface area contributed by atoms with Crippen molar-refractivity contribution in [1.29, 1.82) is 0 Å². The molecule has 3 atom stereocenters. The predicted molar refractivity (Wildman–Crippen MR) is 341 cm³/mol. The lowest BCUT2D eigenvalue weighted by molar-refractivity contribution is -0.139. The zero-order valence-electron chi connectivity index (χ0n) is 51.7. The van der Waals surface area contributed by atoms with E-state index in [0.717, 1.165) is 124 Å². The molecule has 9 rings (SSSR count). The Morgan fingerprint density at radius 1 is 0.770 bits per heavy atom. The number of ether oxygens (including phenoxy) is 7. The molecule has 3 fully saturated rings. The van der Waals surface area contributed by atoms with Gasteiger partial charge < -0.3 is 63.9 Å².